The predicted molar refractivity (Wildman–Crippen MR) is 227 cm³/mol. The van der Waals surface area contributed by atoms with Crippen molar-refractivity contribution >= 4 is 74.1 Å². The number of amides is 4. The van der Waals surface area contributed by atoms with Gasteiger partial charge in [-0.25, -0.2) is 14.4 Å². The number of methoxy groups -OCH3 is 1. The van der Waals surface area contributed by atoms with Crippen LogP contribution >= 0.6 is 27.5 Å². The molecule has 1 aromatic heterocycles. The summed E-state index contributed by atoms with van der Waals surface area (Å²) >= 11 is 10.8. The number of fused-ring (bicyclic) bond motifs is 6. The number of hydrogen-bond donors (Lipinski definition) is 3. The first kappa shape index (κ1) is 40.9. The second-order valence-corrected chi connectivity index (χ2v) is 17.5. The highest BCUT2D eigenvalue weighted by Gasteiger charge is 2.68. The Morgan fingerprint density at radius 1 is 0.950 bits per heavy atom. The van der Waals surface area contributed by atoms with Crippen LogP contribution in [0.4, 0.5) is 15.3 Å². The van der Waals surface area contributed by atoms with E-state index in [0.717, 1.165) is 11.1 Å². The molecule has 8 rings (SSSR count). The first-order chi connectivity index (χ1) is 28.7. The van der Waals surface area contributed by atoms with Gasteiger partial charge in [0.25, 0.3) is 0 Å². The molecule has 5 atom stereocenters. The molecule has 60 heavy (non-hydrogen) atoms. The Morgan fingerprint density at radius 3 is 2.30 bits per heavy atom. The van der Waals surface area contributed by atoms with Gasteiger partial charge in [0.05, 0.1) is 23.7 Å². The van der Waals surface area contributed by atoms with Crippen molar-refractivity contribution in [1.82, 2.24) is 20.5 Å². The quantitative estimate of drug-likeness (QED) is 0.103. The van der Waals surface area contributed by atoms with Gasteiger partial charge < -0.3 is 34.7 Å². The number of carbonyl (C=O) groups is 5. The highest BCUT2D eigenvalue weighted by molar-refractivity contribution is 9.10. The van der Waals surface area contributed by atoms with Crippen LogP contribution in [0.25, 0.3) is 10.9 Å². The molecule has 2 saturated heterocycles. The van der Waals surface area contributed by atoms with Crippen molar-refractivity contribution in [2.75, 3.05) is 12.0 Å². The highest BCUT2D eigenvalue weighted by Crippen LogP contribution is 2.60. The van der Waals surface area contributed by atoms with E-state index in [-0.39, 0.29) is 42.8 Å². The molecule has 5 aromatic rings. The summed E-state index contributed by atoms with van der Waals surface area (Å²) in [5.41, 5.74) is 2.50. The average Bonchev–Trinajstić information content (AvgIpc) is 3.83. The Kier molecular flexibility index (Phi) is 10.9. The Morgan fingerprint density at radius 2 is 1.62 bits per heavy atom. The monoisotopic (exact) mass is 895 g/mol. The molecule has 3 aliphatic heterocycles. The molecule has 0 aliphatic carbocycles. The number of carbonyl (C=O) groups excluding carboxylic acids is 5. The van der Waals surface area contributed by atoms with Crippen molar-refractivity contribution in [2.45, 2.75) is 81.9 Å². The minimum absolute atomic E-state index is 0.0258. The molecule has 0 spiro atoms. The lowest BCUT2D eigenvalue weighted by Crippen LogP contribution is -2.66. The van der Waals surface area contributed by atoms with E-state index < -0.39 is 53.5 Å². The second kappa shape index (κ2) is 16.0. The summed E-state index contributed by atoms with van der Waals surface area (Å²) in [4.78, 5) is 76.4. The zero-order valence-electron chi connectivity index (χ0n) is 33.3. The van der Waals surface area contributed by atoms with Gasteiger partial charge in [0, 0.05) is 22.7 Å². The fourth-order valence-electron chi connectivity index (χ4n) is 8.90. The molecular weight excluding hydrogens is 854 g/mol. The number of rotatable bonds is 9. The van der Waals surface area contributed by atoms with Gasteiger partial charge in [-0.15, -0.1) is 0 Å². The van der Waals surface area contributed by atoms with Crippen LogP contribution in [0, 0.1) is 0 Å². The lowest BCUT2D eigenvalue weighted by molar-refractivity contribution is -0.149. The molecule has 2 fully saturated rings. The third kappa shape index (κ3) is 7.36. The SMILES string of the molecule is COC(=O)[C@H](Cc1c(Cl)[nH]c2c([C@]34C[C@H]5C(=O)N[C@H](Cc6ccccc6)C(=O)N5[C@H]3N(C(=O)OCc3ccccc3)c3ccccc34)cc(Br)cc12)NC(=O)OC(C)(C)C. The van der Waals surface area contributed by atoms with Crippen LogP contribution in [0.5, 0.6) is 0 Å². The van der Waals surface area contributed by atoms with Crippen molar-refractivity contribution in [3.8, 4) is 0 Å². The molecule has 13 nitrogen and oxygen atoms in total. The maximum Gasteiger partial charge on any atom is 0.416 e. The number of H-pyrrole nitrogens is 1. The number of para-hydroxylation sites is 1. The molecule has 0 saturated carbocycles. The molecule has 4 aromatic carbocycles. The number of nitrogens with zero attached hydrogens (tertiary/aromatic N) is 2. The summed E-state index contributed by atoms with van der Waals surface area (Å²) in [6.07, 6.45) is -2.29. The van der Waals surface area contributed by atoms with Crippen molar-refractivity contribution in [3.63, 3.8) is 0 Å². The minimum Gasteiger partial charge on any atom is -0.467 e. The Labute approximate surface area is 359 Å². The molecule has 0 radical (unpaired) electrons. The van der Waals surface area contributed by atoms with E-state index in [1.54, 1.807) is 25.7 Å². The Balaban J connectivity index is 1.28. The van der Waals surface area contributed by atoms with Crippen LogP contribution in [0.3, 0.4) is 0 Å². The summed E-state index contributed by atoms with van der Waals surface area (Å²) in [5, 5.41) is 6.41. The van der Waals surface area contributed by atoms with E-state index in [2.05, 4.69) is 31.5 Å². The third-order valence-corrected chi connectivity index (χ3v) is 12.1. The van der Waals surface area contributed by atoms with Crippen LogP contribution in [-0.4, -0.2) is 76.9 Å². The van der Waals surface area contributed by atoms with E-state index in [9.17, 15) is 24.0 Å². The zero-order valence-corrected chi connectivity index (χ0v) is 35.6. The molecule has 0 unspecified atom stereocenters. The summed E-state index contributed by atoms with van der Waals surface area (Å²) in [6, 6.07) is 26.8. The first-order valence-corrected chi connectivity index (χ1v) is 20.7. The van der Waals surface area contributed by atoms with Gasteiger partial charge in [-0.3, -0.25) is 14.5 Å². The summed E-state index contributed by atoms with van der Waals surface area (Å²) in [6.45, 7) is 5.11. The van der Waals surface area contributed by atoms with E-state index in [1.807, 2.05) is 97.1 Å². The van der Waals surface area contributed by atoms with Gasteiger partial charge in [0.2, 0.25) is 11.8 Å². The molecule has 15 heteroatoms. The lowest BCUT2D eigenvalue weighted by atomic mass is 9.71. The fraction of sp³-hybridized carbons (Fsp3) is 0.311. The largest absolute Gasteiger partial charge is 0.467 e. The summed E-state index contributed by atoms with van der Waals surface area (Å²) in [7, 11) is 1.22. The number of ether oxygens (including phenoxy) is 3. The molecule has 4 heterocycles. The number of esters is 1. The highest BCUT2D eigenvalue weighted by atomic mass is 79.9. The van der Waals surface area contributed by atoms with E-state index in [1.165, 1.54) is 12.0 Å². The Bertz CT molecular complexity index is 2510. The molecule has 3 aliphatic rings. The van der Waals surface area contributed by atoms with Gasteiger partial charge in [-0.1, -0.05) is 106 Å². The topological polar surface area (TPSA) is 159 Å². The van der Waals surface area contributed by atoms with Gasteiger partial charge >= 0.3 is 18.2 Å². The van der Waals surface area contributed by atoms with Gasteiger partial charge in [-0.2, -0.15) is 0 Å². The van der Waals surface area contributed by atoms with Crippen molar-refractivity contribution in [3.05, 3.63) is 135 Å². The van der Waals surface area contributed by atoms with Crippen molar-refractivity contribution < 1.29 is 38.2 Å². The van der Waals surface area contributed by atoms with Crippen molar-refractivity contribution in [1.29, 1.82) is 0 Å². The van der Waals surface area contributed by atoms with Crippen LogP contribution in [-0.2, 0) is 53.5 Å². The number of benzene rings is 4. The van der Waals surface area contributed by atoms with Crippen LogP contribution < -0.4 is 15.5 Å². The number of piperazine rings is 1. The third-order valence-electron chi connectivity index (χ3n) is 11.3. The van der Waals surface area contributed by atoms with E-state index in [0.29, 0.717) is 37.8 Å². The summed E-state index contributed by atoms with van der Waals surface area (Å²) < 4.78 is 17.2. The van der Waals surface area contributed by atoms with Crippen LogP contribution in [0.15, 0.2) is 102 Å². The van der Waals surface area contributed by atoms with Crippen LogP contribution in [0.2, 0.25) is 5.15 Å². The normalized spacial score (nSPS) is 21.1. The molecule has 3 N–H and O–H groups in total. The minimum atomic E-state index is -1.22. The van der Waals surface area contributed by atoms with Gasteiger partial charge in [0.1, 0.15) is 41.7 Å². The number of hydrogen-bond acceptors (Lipinski definition) is 8. The number of anilines is 1. The Hall–Kier alpha value is -5.86. The molecule has 4 amide bonds. The molecular formula is C45H43BrClN5O8. The number of aromatic nitrogens is 1. The zero-order chi connectivity index (χ0) is 42.5. The van der Waals surface area contributed by atoms with E-state index >= 15 is 0 Å². The van der Waals surface area contributed by atoms with Gasteiger partial charge in [0.15, 0.2) is 0 Å². The maximum absolute atomic E-state index is 15.0. The number of alkyl carbamates (subject to hydrolysis) is 1. The van der Waals surface area contributed by atoms with Crippen molar-refractivity contribution in [2.24, 2.45) is 0 Å². The maximum atomic E-state index is 15.0. The number of nitrogens with one attached hydrogen (secondary N) is 3. The molecule has 310 valence electrons. The van der Waals surface area contributed by atoms with E-state index in [4.69, 9.17) is 25.8 Å². The average molecular weight is 897 g/mol. The lowest BCUT2D eigenvalue weighted by Gasteiger charge is -2.41. The number of aromatic amines is 1. The smallest absolute Gasteiger partial charge is 0.416 e. The van der Waals surface area contributed by atoms with Gasteiger partial charge in [-0.05, 0) is 73.2 Å². The second-order valence-electron chi connectivity index (χ2n) is 16.2. The van der Waals surface area contributed by atoms with Crippen LogP contribution in [0.1, 0.15) is 55.0 Å². The first-order valence-electron chi connectivity index (χ1n) is 19.5. The standard InChI is InChI=1S/C45H43BrClN5O8/c1-44(2,3)60-42(56)49-33(40(55)58-4)22-29-28-20-27(46)21-31(36(28)50-37(29)47)45-23-35-38(53)48-32(19-25-13-7-5-8-14-25)39(54)51(35)41(45)52(34-18-12-11-17-30(34)45)43(57)59-24-26-15-9-6-10-16-26/h5-18,20-21,32-33,35,41,50H,19,22-24H2,1-4H3,(H,48,53)(H,49,56)/t32-,33+,35+,41+,45-/m1/s1. The fourth-order valence-corrected chi connectivity index (χ4v) is 9.63. The summed E-state index contributed by atoms with van der Waals surface area (Å²) in [5.74, 6) is -1.39. The number of halogens is 2. The predicted octanol–water partition coefficient (Wildman–Crippen LogP) is 7.30. The molecule has 0 bridgehead atoms.